The van der Waals surface area contributed by atoms with Gasteiger partial charge < -0.3 is 10.2 Å². The average Bonchev–Trinajstić information content (AvgIpc) is 2.91. The van der Waals surface area contributed by atoms with Crippen LogP contribution in [0.15, 0.2) is 18.2 Å². The average molecular weight is 385 g/mol. The molecule has 0 spiro atoms. The predicted octanol–water partition coefficient (Wildman–Crippen LogP) is 3.02. The molecule has 6 nitrogen and oxygen atoms in total. The lowest BCUT2D eigenvalue weighted by molar-refractivity contribution is -0.132. The smallest absolute Gasteiger partial charge is 0.315 e. The first kappa shape index (κ1) is 17.2. The molecule has 126 valence electrons. The molecule has 3 rings (SSSR count). The Kier molecular flexibility index (Phi) is 5.05. The standard InChI is InChI=1S/C15H14Cl2N4O2S/c1-21-5-4-11-12(7-21)24-15(19-11)20-14(23)13(22)18-10-3-2-8(16)6-9(10)17/h2-3,6H,4-5,7H2,1H3,(H,18,22)(H,19,20,23). The van der Waals surface area contributed by atoms with Crippen molar-refractivity contribution in [1.82, 2.24) is 9.88 Å². The monoisotopic (exact) mass is 384 g/mol. The summed E-state index contributed by atoms with van der Waals surface area (Å²) in [6, 6.07) is 4.60. The number of hydrogen-bond donors (Lipinski definition) is 2. The van der Waals surface area contributed by atoms with E-state index < -0.39 is 11.8 Å². The van der Waals surface area contributed by atoms with Crippen molar-refractivity contribution in [3.05, 3.63) is 38.8 Å². The highest BCUT2D eigenvalue weighted by Crippen LogP contribution is 2.28. The Morgan fingerprint density at radius 1 is 1.25 bits per heavy atom. The second-order valence-corrected chi connectivity index (χ2v) is 7.34. The summed E-state index contributed by atoms with van der Waals surface area (Å²) in [5.41, 5.74) is 1.30. The van der Waals surface area contributed by atoms with Crippen molar-refractivity contribution in [2.24, 2.45) is 0 Å². The molecular formula is C15H14Cl2N4O2S. The first-order valence-corrected chi connectivity index (χ1v) is 8.74. The van der Waals surface area contributed by atoms with E-state index in [-0.39, 0.29) is 5.02 Å². The Morgan fingerprint density at radius 3 is 2.75 bits per heavy atom. The Bertz CT molecular complexity index is 809. The fourth-order valence-corrected chi connectivity index (χ4v) is 3.84. The van der Waals surface area contributed by atoms with Crippen LogP contribution < -0.4 is 10.6 Å². The maximum atomic E-state index is 12.0. The van der Waals surface area contributed by atoms with Gasteiger partial charge in [0, 0.05) is 29.4 Å². The zero-order chi connectivity index (χ0) is 17.3. The van der Waals surface area contributed by atoms with Gasteiger partial charge in [-0.05, 0) is 25.2 Å². The molecule has 0 fully saturated rings. The number of carbonyl (C=O) groups excluding carboxylic acids is 2. The molecular weight excluding hydrogens is 371 g/mol. The molecule has 0 aliphatic carbocycles. The highest BCUT2D eigenvalue weighted by molar-refractivity contribution is 7.16. The highest BCUT2D eigenvalue weighted by Gasteiger charge is 2.21. The largest absolute Gasteiger partial charge is 0.316 e. The molecule has 2 aromatic rings. The molecule has 0 bridgehead atoms. The zero-order valence-corrected chi connectivity index (χ0v) is 15.1. The number of rotatable bonds is 2. The van der Waals surface area contributed by atoms with Crippen LogP contribution in [0, 0.1) is 0 Å². The molecule has 0 radical (unpaired) electrons. The number of aromatic nitrogens is 1. The van der Waals surface area contributed by atoms with Crippen molar-refractivity contribution in [2.45, 2.75) is 13.0 Å². The number of halogens is 2. The van der Waals surface area contributed by atoms with Gasteiger partial charge in [0.05, 0.1) is 16.4 Å². The number of nitrogens with zero attached hydrogens (tertiary/aromatic N) is 2. The van der Waals surface area contributed by atoms with Crippen molar-refractivity contribution >= 4 is 57.2 Å². The number of carbonyl (C=O) groups is 2. The number of amides is 2. The van der Waals surface area contributed by atoms with Gasteiger partial charge >= 0.3 is 11.8 Å². The summed E-state index contributed by atoms with van der Waals surface area (Å²) in [5.74, 6) is -1.61. The fourth-order valence-electron chi connectivity index (χ4n) is 2.30. The maximum absolute atomic E-state index is 12.0. The summed E-state index contributed by atoms with van der Waals surface area (Å²) < 4.78 is 0. The maximum Gasteiger partial charge on any atom is 0.315 e. The van der Waals surface area contributed by atoms with Gasteiger partial charge in [-0.1, -0.05) is 23.2 Å². The third-order valence-corrected chi connectivity index (χ3v) is 5.07. The van der Waals surface area contributed by atoms with Gasteiger partial charge in [-0.2, -0.15) is 0 Å². The molecule has 24 heavy (non-hydrogen) atoms. The van der Waals surface area contributed by atoms with Crippen LogP contribution in [0.25, 0.3) is 0 Å². The van der Waals surface area contributed by atoms with Crippen molar-refractivity contribution in [2.75, 3.05) is 24.2 Å². The minimum Gasteiger partial charge on any atom is -0.316 e. The van der Waals surface area contributed by atoms with E-state index in [1.54, 1.807) is 6.07 Å². The van der Waals surface area contributed by atoms with E-state index in [9.17, 15) is 9.59 Å². The molecule has 0 unspecified atom stereocenters. The van der Waals surface area contributed by atoms with Gasteiger partial charge in [0.15, 0.2) is 5.13 Å². The summed E-state index contributed by atoms with van der Waals surface area (Å²) in [6.07, 6.45) is 0.838. The molecule has 2 N–H and O–H groups in total. The van der Waals surface area contributed by atoms with Crippen LogP contribution in [0.1, 0.15) is 10.6 Å². The van der Waals surface area contributed by atoms with E-state index in [0.29, 0.717) is 15.8 Å². The third-order valence-electron chi connectivity index (χ3n) is 3.53. The van der Waals surface area contributed by atoms with E-state index in [2.05, 4.69) is 20.5 Å². The normalized spacial score (nSPS) is 14.1. The Hall–Kier alpha value is -1.67. The van der Waals surface area contributed by atoms with Crippen LogP contribution in [0.5, 0.6) is 0 Å². The van der Waals surface area contributed by atoms with Gasteiger partial charge in [0.1, 0.15) is 0 Å². The molecule has 0 saturated heterocycles. The molecule has 1 aliphatic heterocycles. The Labute approximate surface area is 152 Å². The molecule has 1 aliphatic rings. The SMILES string of the molecule is CN1CCc2nc(NC(=O)C(=O)Nc3ccc(Cl)cc3Cl)sc2C1. The predicted molar refractivity (Wildman–Crippen MR) is 95.9 cm³/mol. The van der Waals surface area contributed by atoms with Crippen LogP contribution in [0.2, 0.25) is 10.0 Å². The Balaban J connectivity index is 1.65. The van der Waals surface area contributed by atoms with Crippen LogP contribution in [-0.2, 0) is 22.6 Å². The van der Waals surface area contributed by atoms with Gasteiger partial charge in [0.2, 0.25) is 0 Å². The summed E-state index contributed by atoms with van der Waals surface area (Å²) in [5, 5.41) is 6.12. The molecule has 9 heteroatoms. The summed E-state index contributed by atoms with van der Waals surface area (Å²) in [6.45, 7) is 1.73. The van der Waals surface area contributed by atoms with Crippen molar-refractivity contribution < 1.29 is 9.59 Å². The third kappa shape index (κ3) is 3.87. The van der Waals surface area contributed by atoms with Gasteiger partial charge in [0.25, 0.3) is 0 Å². The number of thiazole rings is 1. The number of fused-ring (bicyclic) bond motifs is 1. The Morgan fingerprint density at radius 2 is 2.00 bits per heavy atom. The van der Waals surface area contributed by atoms with Gasteiger partial charge in [-0.3, -0.25) is 14.9 Å². The lowest BCUT2D eigenvalue weighted by atomic mass is 10.2. The first-order chi connectivity index (χ1) is 11.4. The lowest BCUT2D eigenvalue weighted by Crippen LogP contribution is -2.29. The second kappa shape index (κ2) is 7.06. The van der Waals surface area contributed by atoms with Gasteiger partial charge in [-0.25, -0.2) is 4.98 Å². The number of likely N-dealkylation sites (N-methyl/N-ethyl adjacent to an activating group) is 1. The molecule has 2 heterocycles. The van der Waals surface area contributed by atoms with Crippen LogP contribution >= 0.6 is 34.5 Å². The van der Waals surface area contributed by atoms with Crippen LogP contribution in [-0.4, -0.2) is 35.3 Å². The minimum atomic E-state index is -0.815. The van der Waals surface area contributed by atoms with Crippen LogP contribution in [0.4, 0.5) is 10.8 Å². The molecule has 0 atom stereocenters. The summed E-state index contributed by atoms with van der Waals surface area (Å²) in [4.78, 5) is 31.7. The molecule has 2 amide bonds. The second-order valence-electron chi connectivity index (χ2n) is 5.41. The van der Waals surface area contributed by atoms with E-state index >= 15 is 0 Å². The first-order valence-electron chi connectivity index (χ1n) is 7.17. The minimum absolute atomic E-state index is 0.261. The van der Waals surface area contributed by atoms with E-state index in [0.717, 1.165) is 30.1 Å². The number of benzene rings is 1. The molecule has 0 saturated carbocycles. The van der Waals surface area contributed by atoms with Crippen molar-refractivity contribution in [1.29, 1.82) is 0 Å². The van der Waals surface area contributed by atoms with Crippen LogP contribution in [0.3, 0.4) is 0 Å². The highest BCUT2D eigenvalue weighted by atomic mass is 35.5. The number of nitrogens with one attached hydrogen (secondary N) is 2. The van der Waals surface area contributed by atoms with Gasteiger partial charge in [-0.15, -0.1) is 11.3 Å². The zero-order valence-electron chi connectivity index (χ0n) is 12.7. The summed E-state index contributed by atoms with van der Waals surface area (Å²) >= 11 is 13.2. The molecule has 1 aromatic carbocycles. The topological polar surface area (TPSA) is 74.3 Å². The summed E-state index contributed by atoms with van der Waals surface area (Å²) in [7, 11) is 2.03. The van der Waals surface area contributed by atoms with Crippen molar-refractivity contribution in [3.8, 4) is 0 Å². The van der Waals surface area contributed by atoms with E-state index in [1.807, 2.05) is 7.05 Å². The number of hydrogen-bond acceptors (Lipinski definition) is 5. The van der Waals surface area contributed by atoms with E-state index in [1.165, 1.54) is 23.5 Å². The quantitative estimate of drug-likeness (QED) is 0.780. The molecule has 1 aromatic heterocycles. The number of anilines is 2. The van der Waals surface area contributed by atoms with Crippen molar-refractivity contribution in [3.63, 3.8) is 0 Å². The lowest BCUT2D eigenvalue weighted by Gasteiger charge is -2.20. The van der Waals surface area contributed by atoms with E-state index in [4.69, 9.17) is 23.2 Å². The fraction of sp³-hybridized carbons (Fsp3) is 0.267.